The van der Waals surface area contributed by atoms with Crippen LogP contribution in [0.4, 0.5) is 0 Å². The Hall–Kier alpha value is -0.570. The summed E-state index contributed by atoms with van der Waals surface area (Å²) in [6, 6.07) is 0.0325. The van der Waals surface area contributed by atoms with E-state index in [1.165, 1.54) is 19.3 Å². The van der Waals surface area contributed by atoms with Gasteiger partial charge in [-0.3, -0.25) is 10.1 Å². The highest BCUT2D eigenvalue weighted by atomic mass is 16.2. The lowest BCUT2D eigenvalue weighted by molar-refractivity contribution is -0.132. The summed E-state index contributed by atoms with van der Waals surface area (Å²) in [6.45, 7) is 12.0. The molecule has 0 aromatic carbocycles. The van der Waals surface area contributed by atoms with Crippen LogP contribution in [-0.4, -0.2) is 29.6 Å². The zero-order valence-corrected chi connectivity index (χ0v) is 13.2. The smallest absolute Gasteiger partial charge is 0.241 e. The van der Waals surface area contributed by atoms with Crippen molar-refractivity contribution >= 4 is 5.91 Å². The third kappa shape index (κ3) is 2.81. The normalized spacial score (nSPS) is 31.1. The van der Waals surface area contributed by atoms with Crippen molar-refractivity contribution in [2.24, 2.45) is 17.3 Å². The Kier molecular flexibility index (Phi) is 4.24. The van der Waals surface area contributed by atoms with Crippen molar-refractivity contribution in [2.75, 3.05) is 6.54 Å². The third-order valence-electron chi connectivity index (χ3n) is 5.29. The van der Waals surface area contributed by atoms with Gasteiger partial charge in [0.2, 0.25) is 5.91 Å². The SMILES string of the molecule is CCC(C)C1NC(C(C)C)N(CC2(CC)CC2)C1=O. The summed E-state index contributed by atoms with van der Waals surface area (Å²) in [6.07, 6.45) is 5.09. The van der Waals surface area contributed by atoms with Gasteiger partial charge < -0.3 is 4.90 Å². The van der Waals surface area contributed by atoms with E-state index in [-0.39, 0.29) is 12.2 Å². The summed E-state index contributed by atoms with van der Waals surface area (Å²) < 4.78 is 0. The number of carbonyl (C=O) groups is 1. The van der Waals surface area contributed by atoms with Crippen molar-refractivity contribution in [1.82, 2.24) is 10.2 Å². The van der Waals surface area contributed by atoms with Gasteiger partial charge >= 0.3 is 0 Å². The highest BCUT2D eigenvalue weighted by Crippen LogP contribution is 2.50. The molecular weight excluding hydrogens is 236 g/mol. The largest absolute Gasteiger partial charge is 0.325 e. The summed E-state index contributed by atoms with van der Waals surface area (Å²) in [7, 11) is 0. The van der Waals surface area contributed by atoms with Gasteiger partial charge in [-0.2, -0.15) is 0 Å². The molecule has 2 aliphatic rings. The predicted octanol–water partition coefficient (Wildman–Crippen LogP) is 3.01. The van der Waals surface area contributed by atoms with E-state index in [9.17, 15) is 4.79 Å². The monoisotopic (exact) mass is 266 g/mol. The lowest BCUT2D eigenvalue weighted by atomic mass is 9.98. The molecule has 19 heavy (non-hydrogen) atoms. The minimum absolute atomic E-state index is 0.0325. The Labute approximate surface area is 118 Å². The lowest BCUT2D eigenvalue weighted by Gasteiger charge is -2.30. The van der Waals surface area contributed by atoms with Gasteiger partial charge in [0.05, 0.1) is 12.2 Å². The van der Waals surface area contributed by atoms with E-state index in [0.717, 1.165) is 13.0 Å². The van der Waals surface area contributed by atoms with Crippen LogP contribution in [0.25, 0.3) is 0 Å². The maximum atomic E-state index is 12.7. The molecule has 0 radical (unpaired) electrons. The topological polar surface area (TPSA) is 32.3 Å². The summed E-state index contributed by atoms with van der Waals surface area (Å²) in [4.78, 5) is 14.9. The summed E-state index contributed by atoms with van der Waals surface area (Å²) >= 11 is 0. The van der Waals surface area contributed by atoms with Gasteiger partial charge in [0.15, 0.2) is 0 Å². The van der Waals surface area contributed by atoms with E-state index in [2.05, 4.69) is 44.8 Å². The molecule has 1 N–H and O–H groups in total. The highest BCUT2D eigenvalue weighted by Gasteiger charge is 2.49. The number of hydrogen-bond donors (Lipinski definition) is 1. The fourth-order valence-corrected chi connectivity index (χ4v) is 3.19. The first kappa shape index (κ1) is 14.8. The zero-order valence-electron chi connectivity index (χ0n) is 13.2. The number of carbonyl (C=O) groups excluding carboxylic acids is 1. The minimum Gasteiger partial charge on any atom is -0.325 e. The molecule has 1 heterocycles. The quantitative estimate of drug-likeness (QED) is 0.801. The Morgan fingerprint density at radius 3 is 2.37 bits per heavy atom. The number of hydrogen-bond acceptors (Lipinski definition) is 2. The second-order valence-corrected chi connectivity index (χ2v) is 7.04. The Bertz CT molecular complexity index is 336. The van der Waals surface area contributed by atoms with Crippen molar-refractivity contribution in [3.63, 3.8) is 0 Å². The number of rotatable bonds is 6. The fourth-order valence-electron chi connectivity index (χ4n) is 3.19. The van der Waals surface area contributed by atoms with Crippen LogP contribution in [0.3, 0.4) is 0 Å². The molecule has 1 saturated heterocycles. The van der Waals surface area contributed by atoms with E-state index in [1.807, 2.05) is 0 Å². The van der Waals surface area contributed by atoms with Crippen molar-refractivity contribution in [2.45, 2.75) is 72.5 Å². The maximum Gasteiger partial charge on any atom is 0.241 e. The van der Waals surface area contributed by atoms with Gasteiger partial charge in [-0.1, -0.05) is 41.0 Å². The van der Waals surface area contributed by atoms with Gasteiger partial charge in [0, 0.05) is 6.54 Å². The number of nitrogens with one attached hydrogen (secondary N) is 1. The molecule has 110 valence electrons. The van der Waals surface area contributed by atoms with Crippen LogP contribution in [0.15, 0.2) is 0 Å². The molecule has 0 bridgehead atoms. The number of amides is 1. The summed E-state index contributed by atoms with van der Waals surface area (Å²) in [5, 5.41) is 3.59. The van der Waals surface area contributed by atoms with Gasteiger partial charge in [-0.05, 0) is 36.5 Å². The highest BCUT2D eigenvalue weighted by molar-refractivity contribution is 5.84. The molecule has 3 unspecified atom stereocenters. The average molecular weight is 266 g/mol. The van der Waals surface area contributed by atoms with Crippen molar-refractivity contribution < 1.29 is 4.79 Å². The molecule has 3 heteroatoms. The van der Waals surface area contributed by atoms with Crippen LogP contribution in [0.2, 0.25) is 0 Å². The minimum atomic E-state index is 0.0325. The second-order valence-electron chi connectivity index (χ2n) is 7.04. The van der Waals surface area contributed by atoms with E-state index in [1.54, 1.807) is 0 Å². The standard InChI is InChI=1S/C16H30N2O/c1-6-12(5)13-15(19)18(14(17-13)11(3)4)10-16(7-2)8-9-16/h11-14,17H,6-10H2,1-5H3. The fraction of sp³-hybridized carbons (Fsp3) is 0.938. The molecule has 0 spiro atoms. The van der Waals surface area contributed by atoms with Crippen molar-refractivity contribution in [3.8, 4) is 0 Å². The molecule has 0 aromatic heterocycles. The third-order valence-corrected chi connectivity index (χ3v) is 5.29. The molecule has 1 saturated carbocycles. The zero-order chi connectivity index (χ0) is 14.2. The summed E-state index contributed by atoms with van der Waals surface area (Å²) in [5.74, 6) is 1.24. The van der Waals surface area contributed by atoms with Gasteiger partial charge in [-0.25, -0.2) is 0 Å². The average Bonchev–Trinajstić information content (AvgIpc) is 3.09. The molecule has 3 atom stereocenters. The molecule has 1 aliphatic carbocycles. The van der Waals surface area contributed by atoms with Gasteiger partial charge in [0.25, 0.3) is 0 Å². The van der Waals surface area contributed by atoms with Gasteiger partial charge in [0.1, 0.15) is 0 Å². The van der Waals surface area contributed by atoms with Crippen LogP contribution in [0.5, 0.6) is 0 Å². The van der Waals surface area contributed by atoms with Crippen LogP contribution in [0.1, 0.15) is 60.3 Å². The first-order chi connectivity index (χ1) is 8.94. The molecular formula is C16H30N2O. The summed E-state index contributed by atoms with van der Waals surface area (Å²) in [5.41, 5.74) is 0.439. The van der Waals surface area contributed by atoms with Crippen molar-refractivity contribution in [1.29, 1.82) is 0 Å². The van der Waals surface area contributed by atoms with Crippen LogP contribution in [0, 0.1) is 17.3 Å². The Morgan fingerprint density at radius 1 is 1.32 bits per heavy atom. The predicted molar refractivity (Wildman–Crippen MR) is 78.7 cm³/mol. The van der Waals surface area contributed by atoms with E-state index in [4.69, 9.17) is 0 Å². The molecule has 0 aromatic rings. The molecule has 2 fully saturated rings. The second kappa shape index (κ2) is 5.43. The number of nitrogens with zero attached hydrogens (tertiary/aromatic N) is 1. The molecule has 2 rings (SSSR count). The van der Waals surface area contributed by atoms with Crippen LogP contribution >= 0.6 is 0 Å². The van der Waals surface area contributed by atoms with Crippen molar-refractivity contribution in [3.05, 3.63) is 0 Å². The molecule has 3 nitrogen and oxygen atoms in total. The van der Waals surface area contributed by atoms with Crippen LogP contribution < -0.4 is 5.32 Å². The van der Waals surface area contributed by atoms with E-state index in [0.29, 0.717) is 23.2 Å². The van der Waals surface area contributed by atoms with Gasteiger partial charge in [-0.15, -0.1) is 0 Å². The molecule has 1 aliphatic heterocycles. The first-order valence-corrected chi connectivity index (χ1v) is 8.00. The maximum absolute atomic E-state index is 12.7. The van der Waals surface area contributed by atoms with E-state index < -0.39 is 0 Å². The Morgan fingerprint density at radius 2 is 1.95 bits per heavy atom. The van der Waals surface area contributed by atoms with E-state index >= 15 is 0 Å². The first-order valence-electron chi connectivity index (χ1n) is 8.00. The lowest BCUT2D eigenvalue weighted by Crippen LogP contribution is -2.44. The van der Waals surface area contributed by atoms with Crippen LogP contribution in [-0.2, 0) is 4.79 Å². The Balaban J connectivity index is 2.12. The molecule has 1 amide bonds.